The SMILES string of the molecule is CCCCN=c1cc(OCCC)nc(N)n1O. The Balaban J connectivity index is 2.94. The first kappa shape index (κ1) is 13.3. The maximum Gasteiger partial charge on any atom is 0.239 e. The zero-order chi connectivity index (χ0) is 12.7. The van der Waals surface area contributed by atoms with Crippen LogP contribution in [-0.4, -0.2) is 28.1 Å². The third-order valence-corrected chi connectivity index (χ3v) is 2.15. The minimum Gasteiger partial charge on any atom is -0.477 e. The average Bonchev–Trinajstić information content (AvgIpc) is 2.32. The van der Waals surface area contributed by atoms with Crippen LogP contribution in [0.3, 0.4) is 0 Å². The van der Waals surface area contributed by atoms with Gasteiger partial charge >= 0.3 is 0 Å². The van der Waals surface area contributed by atoms with Crippen LogP contribution in [0, 0.1) is 0 Å². The van der Waals surface area contributed by atoms with Gasteiger partial charge in [0.25, 0.3) is 0 Å². The van der Waals surface area contributed by atoms with E-state index in [0.29, 0.717) is 24.5 Å². The summed E-state index contributed by atoms with van der Waals surface area (Å²) in [5, 5.41) is 9.63. The molecule has 0 aliphatic rings. The Morgan fingerprint density at radius 1 is 1.47 bits per heavy atom. The van der Waals surface area contributed by atoms with Crippen LogP contribution in [0.1, 0.15) is 33.1 Å². The van der Waals surface area contributed by atoms with Crippen molar-refractivity contribution in [3.05, 3.63) is 11.6 Å². The fourth-order valence-electron chi connectivity index (χ4n) is 1.23. The molecule has 0 aliphatic carbocycles. The molecule has 1 heterocycles. The highest BCUT2D eigenvalue weighted by atomic mass is 16.5. The van der Waals surface area contributed by atoms with Crippen molar-refractivity contribution < 1.29 is 9.94 Å². The van der Waals surface area contributed by atoms with Gasteiger partial charge in [-0.3, -0.25) is 4.99 Å². The maximum absolute atomic E-state index is 9.63. The number of unbranched alkanes of at least 4 members (excludes halogenated alkanes) is 1. The van der Waals surface area contributed by atoms with E-state index >= 15 is 0 Å². The molecule has 0 spiro atoms. The lowest BCUT2D eigenvalue weighted by Crippen LogP contribution is -2.24. The number of hydrogen-bond acceptors (Lipinski definition) is 5. The van der Waals surface area contributed by atoms with E-state index in [1.54, 1.807) is 6.07 Å². The van der Waals surface area contributed by atoms with Crippen molar-refractivity contribution >= 4 is 5.95 Å². The topological polar surface area (TPSA) is 85.7 Å². The average molecular weight is 240 g/mol. The van der Waals surface area contributed by atoms with Crippen LogP contribution in [0.4, 0.5) is 5.95 Å². The third kappa shape index (κ3) is 3.97. The molecule has 0 aromatic carbocycles. The van der Waals surface area contributed by atoms with Gasteiger partial charge in [0.05, 0.1) is 6.61 Å². The largest absolute Gasteiger partial charge is 0.477 e. The summed E-state index contributed by atoms with van der Waals surface area (Å²) in [7, 11) is 0. The highest BCUT2D eigenvalue weighted by Gasteiger charge is 2.03. The summed E-state index contributed by atoms with van der Waals surface area (Å²) in [4.78, 5) is 8.15. The molecule has 1 rings (SSSR count). The van der Waals surface area contributed by atoms with Crippen LogP contribution in [0.2, 0.25) is 0 Å². The first-order valence-corrected chi connectivity index (χ1v) is 5.91. The molecule has 17 heavy (non-hydrogen) atoms. The Bertz CT molecular complexity index is 414. The van der Waals surface area contributed by atoms with Gasteiger partial charge in [0.15, 0.2) is 5.49 Å². The Morgan fingerprint density at radius 2 is 2.24 bits per heavy atom. The highest BCUT2D eigenvalue weighted by molar-refractivity contribution is 5.21. The minimum absolute atomic E-state index is 0.0196. The summed E-state index contributed by atoms with van der Waals surface area (Å²) < 4.78 is 6.13. The van der Waals surface area contributed by atoms with E-state index in [1.165, 1.54) is 0 Å². The zero-order valence-electron chi connectivity index (χ0n) is 10.4. The van der Waals surface area contributed by atoms with Crippen molar-refractivity contribution in [2.75, 3.05) is 18.9 Å². The molecule has 1 aromatic heterocycles. The number of rotatable bonds is 6. The summed E-state index contributed by atoms with van der Waals surface area (Å²) in [6.45, 7) is 5.30. The summed E-state index contributed by atoms with van der Waals surface area (Å²) in [5.41, 5.74) is 5.93. The molecule has 0 radical (unpaired) electrons. The quantitative estimate of drug-likeness (QED) is 0.577. The highest BCUT2D eigenvalue weighted by Crippen LogP contribution is 2.05. The molecule has 0 saturated heterocycles. The summed E-state index contributed by atoms with van der Waals surface area (Å²) >= 11 is 0. The van der Waals surface area contributed by atoms with Crippen molar-refractivity contribution in [1.82, 2.24) is 9.71 Å². The molecule has 0 amide bonds. The first-order chi connectivity index (χ1) is 8.19. The second kappa shape index (κ2) is 6.78. The monoisotopic (exact) mass is 240 g/mol. The van der Waals surface area contributed by atoms with Gasteiger partial charge in [-0.25, -0.2) is 0 Å². The van der Waals surface area contributed by atoms with Crippen molar-refractivity contribution in [2.45, 2.75) is 33.1 Å². The number of nitrogens with zero attached hydrogens (tertiary/aromatic N) is 3. The van der Waals surface area contributed by atoms with Gasteiger partial charge in [-0.15, -0.1) is 4.73 Å². The second-order valence-electron chi connectivity index (χ2n) is 3.71. The number of nitrogens with two attached hydrogens (primary N) is 1. The van der Waals surface area contributed by atoms with Gasteiger partial charge in [0.1, 0.15) is 0 Å². The van der Waals surface area contributed by atoms with E-state index in [-0.39, 0.29) is 5.95 Å². The van der Waals surface area contributed by atoms with Crippen molar-refractivity contribution in [3.63, 3.8) is 0 Å². The Morgan fingerprint density at radius 3 is 2.88 bits per heavy atom. The predicted octanol–water partition coefficient (Wildman–Crippen LogP) is 1.19. The molecule has 0 unspecified atom stereocenters. The van der Waals surface area contributed by atoms with Crippen LogP contribution >= 0.6 is 0 Å². The maximum atomic E-state index is 9.63. The summed E-state index contributed by atoms with van der Waals surface area (Å²) in [5.74, 6) is 0.374. The van der Waals surface area contributed by atoms with Crippen molar-refractivity contribution in [2.24, 2.45) is 4.99 Å². The molecule has 0 saturated carbocycles. The molecule has 0 fully saturated rings. The van der Waals surface area contributed by atoms with Gasteiger partial charge in [0, 0.05) is 12.6 Å². The molecule has 3 N–H and O–H groups in total. The Kier molecular flexibility index (Phi) is 5.32. The van der Waals surface area contributed by atoms with Crippen LogP contribution in [-0.2, 0) is 0 Å². The Labute approximate surface area is 101 Å². The molecule has 96 valence electrons. The molecular formula is C11H20N4O2. The molecule has 1 aromatic rings. The van der Waals surface area contributed by atoms with E-state index in [0.717, 1.165) is 24.0 Å². The Hall–Kier alpha value is -1.72. The predicted molar refractivity (Wildman–Crippen MR) is 64.9 cm³/mol. The number of ether oxygens (including phenoxy) is 1. The van der Waals surface area contributed by atoms with Crippen LogP contribution in [0.5, 0.6) is 5.88 Å². The van der Waals surface area contributed by atoms with Gasteiger partial charge in [-0.2, -0.15) is 4.98 Å². The van der Waals surface area contributed by atoms with E-state index < -0.39 is 0 Å². The van der Waals surface area contributed by atoms with Crippen molar-refractivity contribution in [1.29, 1.82) is 0 Å². The normalized spacial score (nSPS) is 11.8. The van der Waals surface area contributed by atoms with Crippen molar-refractivity contribution in [3.8, 4) is 5.88 Å². The van der Waals surface area contributed by atoms with E-state index in [4.69, 9.17) is 10.5 Å². The summed E-state index contributed by atoms with van der Waals surface area (Å²) in [6, 6.07) is 1.58. The van der Waals surface area contributed by atoms with Crippen LogP contribution in [0.25, 0.3) is 0 Å². The standard InChI is InChI=1S/C11H20N4O2/c1-3-5-6-13-9-8-10(17-7-4-2)14-11(12)15(9)16/h8,16H,3-7H2,1-2H3,(H2,12,14). The second-order valence-corrected chi connectivity index (χ2v) is 3.71. The van der Waals surface area contributed by atoms with E-state index in [1.807, 2.05) is 6.92 Å². The number of nitrogen functional groups attached to an aromatic ring is 1. The van der Waals surface area contributed by atoms with Gasteiger partial charge < -0.3 is 15.7 Å². The van der Waals surface area contributed by atoms with E-state index in [2.05, 4.69) is 16.9 Å². The van der Waals surface area contributed by atoms with Gasteiger partial charge in [-0.1, -0.05) is 20.3 Å². The molecular weight excluding hydrogens is 220 g/mol. The van der Waals surface area contributed by atoms with E-state index in [9.17, 15) is 5.21 Å². The third-order valence-electron chi connectivity index (χ3n) is 2.15. The lowest BCUT2D eigenvalue weighted by molar-refractivity contribution is 0.172. The van der Waals surface area contributed by atoms with Gasteiger partial charge in [-0.05, 0) is 12.8 Å². The first-order valence-electron chi connectivity index (χ1n) is 5.91. The fourth-order valence-corrected chi connectivity index (χ4v) is 1.23. The number of aromatic nitrogens is 2. The molecule has 0 bridgehead atoms. The van der Waals surface area contributed by atoms with Crippen LogP contribution in [0.15, 0.2) is 11.1 Å². The fraction of sp³-hybridized carbons (Fsp3) is 0.636. The smallest absolute Gasteiger partial charge is 0.239 e. The minimum atomic E-state index is -0.0196. The van der Waals surface area contributed by atoms with Crippen LogP contribution < -0.4 is 16.0 Å². The number of anilines is 1. The zero-order valence-corrected chi connectivity index (χ0v) is 10.4. The van der Waals surface area contributed by atoms with Gasteiger partial charge in [0.2, 0.25) is 11.8 Å². The molecule has 6 heteroatoms. The molecule has 0 atom stereocenters. The molecule has 0 aliphatic heterocycles. The lowest BCUT2D eigenvalue weighted by atomic mass is 10.3. The molecule has 6 nitrogen and oxygen atoms in total. The lowest BCUT2D eigenvalue weighted by Gasteiger charge is -2.07. The number of hydrogen-bond donors (Lipinski definition) is 2. The summed E-state index contributed by atoms with van der Waals surface area (Å²) in [6.07, 6.45) is 2.90.